The van der Waals surface area contributed by atoms with E-state index in [0.717, 1.165) is 31.7 Å². The fourth-order valence-electron chi connectivity index (χ4n) is 2.54. The van der Waals surface area contributed by atoms with Gasteiger partial charge in [-0.1, -0.05) is 19.3 Å². The lowest BCUT2D eigenvalue weighted by Crippen LogP contribution is -2.42. The molecule has 0 aliphatic heterocycles. The molecule has 2 unspecified atom stereocenters. The summed E-state index contributed by atoms with van der Waals surface area (Å²) in [5, 5.41) is 2.18. The van der Waals surface area contributed by atoms with E-state index in [1.54, 1.807) is 6.92 Å². The molecule has 1 aromatic carbocycles. The van der Waals surface area contributed by atoms with E-state index in [-0.39, 0.29) is 22.5 Å². The van der Waals surface area contributed by atoms with Gasteiger partial charge in [-0.15, -0.1) is 0 Å². The first-order valence-corrected chi connectivity index (χ1v) is 8.46. The molecule has 6 heteroatoms. The highest BCUT2D eigenvalue weighted by Crippen LogP contribution is 2.22. The van der Waals surface area contributed by atoms with Crippen molar-refractivity contribution in [3.8, 4) is 0 Å². The molecule has 2 atom stereocenters. The van der Waals surface area contributed by atoms with Crippen molar-refractivity contribution in [2.45, 2.75) is 55.2 Å². The number of hydrogen-bond donors (Lipinski definition) is 2. The van der Waals surface area contributed by atoms with Crippen LogP contribution < -0.4 is 11.1 Å². The molecule has 1 aliphatic carbocycles. The number of nitrogens with two attached hydrogens (primary N) is 1. The average Bonchev–Trinajstić information content (AvgIpc) is 2.49. The number of anilines is 1. The third kappa shape index (κ3) is 4.03. The van der Waals surface area contributed by atoms with Crippen LogP contribution in [0, 0.1) is 5.82 Å². The van der Waals surface area contributed by atoms with Crippen LogP contribution in [-0.4, -0.2) is 21.4 Å². The lowest BCUT2D eigenvalue weighted by Gasteiger charge is -2.24. The summed E-state index contributed by atoms with van der Waals surface area (Å²) in [6, 6.07) is 3.88. The SMILES string of the molecule is CC(C(=O)NC1CCCCC1)S(=O)c1cc(F)ccc1N. The van der Waals surface area contributed by atoms with Crippen LogP contribution in [-0.2, 0) is 15.6 Å². The molecule has 0 saturated heterocycles. The number of hydrogen-bond acceptors (Lipinski definition) is 3. The van der Waals surface area contributed by atoms with Crippen LogP contribution in [0.25, 0.3) is 0 Å². The summed E-state index contributed by atoms with van der Waals surface area (Å²) in [6.07, 6.45) is 5.35. The maximum absolute atomic E-state index is 13.3. The lowest BCUT2D eigenvalue weighted by atomic mass is 9.95. The second-order valence-electron chi connectivity index (χ2n) is 5.47. The highest BCUT2D eigenvalue weighted by molar-refractivity contribution is 7.86. The van der Waals surface area contributed by atoms with Gasteiger partial charge < -0.3 is 11.1 Å². The molecule has 0 bridgehead atoms. The molecule has 21 heavy (non-hydrogen) atoms. The molecular weight excluding hydrogens is 291 g/mol. The van der Waals surface area contributed by atoms with Crippen molar-refractivity contribution in [3.05, 3.63) is 24.0 Å². The molecule has 1 fully saturated rings. The lowest BCUT2D eigenvalue weighted by molar-refractivity contribution is -0.121. The molecule has 0 radical (unpaired) electrons. The van der Waals surface area contributed by atoms with Gasteiger partial charge in [-0.2, -0.15) is 0 Å². The van der Waals surface area contributed by atoms with E-state index >= 15 is 0 Å². The summed E-state index contributed by atoms with van der Waals surface area (Å²) in [6.45, 7) is 1.58. The van der Waals surface area contributed by atoms with Gasteiger partial charge in [-0.25, -0.2) is 4.39 Å². The standard InChI is InChI=1S/C15H21FN2O2S/c1-10(15(19)18-12-5-3-2-4-6-12)21(20)14-9-11(16)7-8-13(14)17/h7-10,12H,2-6,17H2,1H3,(H,18,19). The normalized spacial score (nSPS) is 19.0. The number of rotatable bonds is 4. The van der Waals surface area contributed by atoms with E-state index in [9.17, 15) is 13.4 Å². The molecule has 0 aromatic heterocycles. The molecule has 1 aromatic rings. The van der Waals surface area contributed by atoms with E-state index in [2.05, 4.69) is 5.32 Å². The third-order valence-corrected chi connectivity index (χ3v) is 5.48. The summed E-state index contributed by atoms with van der Waals surface area (Å²) >= 11 is 0. The predicted molar refractivity (Wildman–Crippen MR) is 81.7 cm³/mol. The zero-order valence-corrected chi connectivity index (χ0v) is 12.9. The molecule has 1 aliphatic rings. The Morgan fingerprint density at radius 1 is 1.38 bits per heavy atom. The Hall–Kier alpha value is -1.43. The Balaban J connectivity index is 2.04. The number of benzene rings is 1. The van der Waals surface area contributed by atoms with E-state index in [4.69, 9.17) is 5.73 Å². The highest BCUT2D eigenvalue weighted by Gasteiger charge is 2.25. The minimum absolute atomic E-state index is 0.163. The van der Waals surface area contributed by atoms with E-state index in [1.807, 2.05) is 0 Å². The van der Waals surface area contributed by atoms with Crippen LogP contribution in [0.5, 0.6) is 0 Å². The van der Waals surface area contributed by atoms with Crippen LogP contribution in [0.1, 0.15) is 39.0 Å². The van der Waals surface area contributed by atoms with Gasteiger partial charge in [0.1, 0.15) is 11.1 Å². The first-order valence-electron chi connectivity index (χ1n) is 7.25. The van der Waals surface area contributed by atoms with Gasteiger partial charge in [-0.05, 0) is 38.0 Å². The summed E-state index contributed by atoms with van der Waals surface area (Å²) < 4.78 is 25.7. The van der Waals surface area contributed by atoms with E-state index < -0.39 is 21.9 Å². The van der Waals surface area contributed by atoms with Crippen molar-refractivity contribution < 1.29 is 13.4 Å². The van der Waals surface area contributed by atoms with Gasteiger partial charge in [0, 0.05) is 11.7 Å². The van der Waals surface area contributed by atoms with Crippen LogP contribution in [0.4, 0.5) is 10.1 Å². The third-order valence-electron chi connectivity index (χ3n) is 3.83. The number of halogens is 1. The Bertz CT molecular complexity index is 544. The fourth-order valence-corrected chi connectivity index (χ4v) is 3.71. The minimum atomic E-state index is -1.66. The van der Waals surface area contributed by atoms with Gasteiger partial charge >= 0.3 is 0 Å². The molecule has 2 rings (SSSR count). The number of nitrogen functional groups attached to an aromatic ring is 1. The average molecular weight is 312 g/mol. The van der Waals surface area contributed by atoms with E-state index in [0.29, 0.717) is 0 Å². The smallest absolute Gasteiger partial charge is 0.236 e. The zero-order chi connectivity index (χ0) is 15.4. The Kier molecular flexibility index (Phi) is 5.33. The fraction of sp³-hybridized carbons (Fsp3) is 0.533. The van der Waals surface area contributed by atoms with Gasteiger partial charge in [0.05, 0.1) is 15.7 Å². The number of nitrogens with one attached hydrogen (secondary N) is 1. The van der Waals surface area contributed by atoms with Crippen molar-refractivity contribution in [1.82, 2.24) is 5.32 Å². The Morgan fingerprint density at radius 3 is 2.71 bits per heavy atom. The van der Waals surface area contributed by atoms with Gasteiger partial charge in [0.2, 0.25) is 5.91 Å². The molecule has 116 valence electrons. The first kappa shape index (κ1) is 15.9. The monoisotopic (exact) mass is 312 g/mol. The van der Waals surface area contributed by atoms with Crippen molar-refractivity contribution in [1.29, 1.82) is 0 Å². The second kappa shape index (κ2) is 7.02. The minimum Gasteiger partial charge on any atom is -0.398 e. The molecular formula is C15H21FN2O2S. The van der Waals surface area contributed by atoms with Crippen molar-refractivity contribution in [3.63, 3.8) is 0 Å². The highest BCUT2D eigenvalue weighted by atomic mass is 32.2. The summed E-state index contributed by atoms with van der Waals surface area (Å²) in [4.78, 5) is 12.4. The Morgan fingerprint density at radius 2 is 2.05 bits per heavy atom. The van der Waals surface area contributed by atoms with Gasteiger partial charge in [0.25, 0.3) is 0 Å². The number of carbonyl (C=O) groups excluding carboxylic acids is 1. The quantitative estimate of drug-likeness (QED) is 0.838. The van der Waals surface area contributed by atoms with Crippen LogP contribution in [0.2, 0.25) is 0 Å². The molecule has 0 heterocycles. The molecule has 1 amide bonds. The Labute approximate surface area is 126 Å². The van der Waals surface area contributed by atoms with Crippen molar-refractivity contribution in [2.24, 2.45) is 0 Å². The molecule has 1 saturated carbocycles. The van der Waals surface area contributed by atoms with E-state index in [1.165, 1.54) is 18.6 Å². The molecule has 4 nitrogen and oxygen atoms in total. The van der Waals surface area contributed by atoms with Gasteiger partial charge in [0.15, 0.2) is 0 Å². The molecule has 3 N–H and O–H groups in total. The van der Waals surface area contributed by atoms with Crippen molar-refractivity contribution >= 4 is 22.4 Å². The first-order chi connectivity index (χ1) is 9.99. The van der Waals surface area contributed by atoms with Crippen molar-refractivity contribution in [2.75, 3.05) is 5.73 Å². The summed E-state index contributed by atoms with van der Waals surface area (Å²) in [7, 11) is -1.66. The maximum atomic E-state index is 13.3. The summed E-state index contributed by atoms with van der Waals surface area (Å²) in [5.41, 5.74) is 5.96. The van der Waals surface area contributed by atoms with Gasteiger partial charge in [-0.3, -0.25) is 9.00 Å². The number of carbonyl (C=O) groups is 1. The van der Waals surface area contributed by atoms with Crippen LogP contribution >= 0.6 is 0 Å². The maximum Gasteiger partial charge on any atom is 0.236 e. The topological polar surface area (TPSA) is 72.2 Å². The molecule has 0 spiro atoms. The summed E-state index contributed by atoms with van der Waals surface area (Å²) in [5.74, 6) is -0.767. The van der Waals surface area contributed by atoms with Crippen LogP contribution in [0.15, 0.2) is 23.1 Å². The van der Waals surface area contributed by atoms with Crippen LogP contribution in [0.3, 0.4) is 0 Å². The number of amides is 1. The largest absolute Gasteiger partial charge is 0.398 e. The second-order valence-corrected chi connectivity index (χ2v) is 7.21. The zero-order valence-electron chi connectivity index (χ0n) is 12.1. The predicted octanol–water partition coefficient (Wildman–Crippen LogP) is 2.35.